The van der Waals surface area contributed by atoms with Gasteiger partial charge in [0.15, 0.2) is 9.84 Å². The van der Waals surface area contributed by atoms with E-state index in [0.717, 1.165) is 6.26 Å². The van der Waals surface area contributed by atoms with Gasteiger partial charge in [-0.2, -0.15) is 0 Å². The van der Waals surface area contributed by atoms with E-state index >= 15 is 0 Å². The molecule has 0 saturated carbocycles. The van der Waals surface area contributed by atoms with Crippen LogP contribution in [0.1, 0.15) is 31.7 Å². The minimum absolute atomic E-state index is 0.0550. The van der Waals surface area contributed by atoms with Crippen molar-refractivity contribution >= 4 is 32.0 Å². The Hall–Kier alpha value is -3.91. The number of sulfone groups is 1. The van der Waals surface area contributed by atoms with Crippen LogP contribution in [0, 0.1) is 0 Å². The van der Waals surface area contributed by atoms with Crippen LogP contribution in [0.25, 0.3) is 11.1 Å². The van der Waals surface area contributed by atoms with Crippen LogP contribution in [0.15, 0.2) is 58.5 Å². The molecule has 0 aliphatic heterocycles. The summed E-state index contributed by atoms with van der Waals surface area (Å²) in [6, 6.07) is 12.1. The molecule has 0 saturated heterocycles. The van der Waals surface area contributed by atoms with Crippen LogP contribution in [0.5, 0.6) is 5.88 Å². The second kappa shape index (κ2) is 11.6. The van der Waals surface area contributed by atoms with Gasteiger partial charge in [0.1, 0.15) is 5.82 Å². The topological polar surface area (TPSA) is 174 Å². The van der Waals surface area contributed by atoms with Gasteiger partial charge in [0.2, 0.25) is 10.9 Å². The summed E-state index contributed by atoms with van der Waals surface area (Å²) in [6.07, 6.45) is 0.258. The molecule has 0 spiro atoms. The van der Waals surface area contributed by atoms with Gasteiger partial charge in [-0.1, -0.05) is 49.4 Å². The van der Waals surface area contributed by atoms with E-state index in [1.54, 1.807) is 49.4 Å². The van der Waals surface area contributed by atoms with Crippen molar-refractivity contribution in [2.24, 2.45) is 0 Å². The van der Waals surface area contributed by atoms with Gasteiger partial charge in [-0.3, -0.25) is 4.57 Å². The number of ether oxygens (including phenoxy) is 1. The van der Waals surface area contributed by atoms with Crippen LogP contribution in [-0.2, 0) is 32.8 Å². The number of rotatable bonds is 10. The van der Waals surface area contributed by atoms with Gasteiger partial charge < -0.3 is 15.2 Å². The van der Waals surface area contributed by atoms with Crippen molar-refractivity contribution in [3.05, 3.63) is 59.9 Å². The van der Waals surface area contributed by atoms with Gasteiger partial charge in [0.25, 0.3) is 10.0 Å². The standard InChI is InChI=1S/C24H28N4O8S2/c1-4-8-20-26-21(37(3,32)33)22(36-24(30)31)28(20)15-16-11-13-17(14-12-16)18-9-6-7-10-19(18)38(34,35)27-23(29)25-5-2/h6-7,9-14H,4-5,8,15H2,1-3H3,(H,30,31)(H2,25,27,29). The van der Waals surface area contributed by atoms with E-state index in [9.17, 15) is 31.5 Å². The van der Waals surface area contributed by atoms with E-state index in [0.29, 0.717) is 35.4 Å². The first kappa shape index (κ1) is 28.7. The highest BCUT2D eigenvalue weighted by Crippen LogP contribution is 2.30. The Balaban J connectivity index is 2.00. The fourth-order valence-corrected chi connectivity index (χ4v) is 5.64. The number of sulfonamides is 1. The van der Waals surface area contributed by atoms with Gasteiger partial charge in [-0.05, 0) is 30.5 Å². The average Bonchev–Trinajstić information content (AvgIpc) is 3.16. The number of aromatic nitrogens is 2. The molecule has 2 amide bonds. The molecule has 0 fully saturated rings. The van der Waals surface area contributed by atoms with Crippen LogP contribution < -0.4 is 14.8 Å². The van der Waals surface area contributed by atoms with Crippen LogP contribution in [0.2, 0.25) is 0 Å². The monoisotopic (exact) mass is 564 g/mol. The van der Waals surface area contributed by atoms with E-state index in [4.69, 9.17) is 4.74 Å². The molecule has 204 valence electrons. The van der Waals surface area contributed by atoms with Crippen molar-refractivity contribution in [3.63, 3.8) is 0 Å². The maximum Gasteiger partial charge on any atom is 0.512 e. The van der Waals surface area contributed by atoms with Crippen molar-refractivity contribution in [2.75, 3.05) is 12.8 Å². The summed E-state index contributed by atoms with van der Waals surface area (Å²) < 4.78 is 58.4. The number of carboxylic acid groups (broad SMARTS) is 1. The van der Waals surface area contributed by atoms with Crippen LogP contribution in [0.3, 0.4) is 0 Å². The summed E-state index contributed by atoms with van der Waals surface area (Å²) in [6.45, 7) is 3.85. The number of imidazole rings is 1. The predicted octanol–water partition coefficient (Wildman–Crippen LogP) is 3.02. The molecule has 0 radical (unpaired) electrons. The van der Waals surface area contributed by atoms with E-state index in [1.165, 1.54) is 10.6 Å². The Bertz CT molecular complexity index is 1550. The number of benzene rings is 2. The number of carbonyl (C=O) groups is 2. The fraction of sp³-hybridized carbons (Fsp3) is 0.292. The molecule has 2 aromatic carbocycles. The lowest BCUT2D eigenvalue weighted by Crippen LogP contribution is -2.39. The number of hydrogen-bond donors (Lipinski definition) is 3. The van der Waals surface area contributed by atoms with E-state index in [1.807, 2.05) is 11.6 Å². The third kappa shape index (κ3) is 6.69. The Morgan fingerprint density at radius 3 is 2.26 bits per heavy atom. The molecule has 1 aromatic heterocycles. The lowest BCUT2D eigenvalue weighted by molar-refractivity contribution is 0.139. The van der Waals surface area contributed by atoms with Crippen LogP contribution in [0.4, 0.5) is 9.59 Å². The quantitative estimate of drug-likeness (QED) is 0.313. The predicted molar refractivity (Wildman–Crippen MR) is 138 cm³/mol. The highest BCUT2D eigenvalue weighted by Gasteiger charge is 2.27. The maximum atomic E-state index is 12.8. The molecule has 1 heterocycles. The molecular weight excluding hydrogens is 536 g/mol. The number of nitrogens with one attached hydrogen (secondary N) is 2. The molecular formula is C24H28N4O8S2. The van der Waals surface area contributed by atoms with Gasteiger partial charge in [0.05, 0.1) is 11.4 Å². The molecule has 0 bridgehead atoms. The normalized spacial score (nSPS) is 11.7. The Morgan fingerprint density at radius 1 is 1.03 bits per heavy atom. The zero-order valence-electron chi connectivity index (χ0n) is 21.0. The molecule has 0 atom stereocenters. The van der Waals surface area contributed by atoms with Crippen LogP contribution >= 0.6 is 0 Å². The third-order valence-electron chi connectivity index (χ3n) is 5.33. The minimum Gasteiger partial charge on any atom is -0.449 e. The SMILES string of the molecule is CCCc1nc(S(C)(=O)=O)c(OC(=O)O)n1Cc1ccc(-c2ccccc2S(=O)(=O)NC(=O)NCC)cc1. The number of urea groups is 1. The molecule has 3 rings (SSSR count). The molecule has 0 aliphatic carbocycles. The molecule has 3 N–H and O–H groups in total. The highest BCUT2D eigenvalue weighted by molar-refractivity contribution is 7.90. The van der Waals surface area contributed by atoms with E-state index < -0.39 is 37.1 Å². The molecule has 0 unspecified atom stereocenters. The molecule has 14 heteroatoms. The van der Waals surface area contributed by atoms with Gasteiger partial charge in [0, 0.05) is 24.8 Å². The second-order valence-corrected chi connectivity index (χ2v) is 11.9. The maximum absolute atomic E-state index is 12.8. The van der Waals surface area contributed by atoms with E-state index in [2.05, 4.69) is 10.3 Å². The Labute approximate surface area is 220 Å². The van der Waals surface area contributed by atoms with Crippen molar-refractivity contribution in [3.8, 4) is 17.0 Å². The smallest absolute Gasteiger partial charge is 0.449 e. The Kier molecular flexibility index (Phi) is 8.78. The lowest BCUT2D eigenvalue weighted by Gasteiger charge is -2.14. The third-order valence-corrected chi connectivity index (χ3v) is 7.68. The molecule has 12 nitrogen and oxygen atoms in total. The van der Waals surface area contributed by atoms with Crippen molar-refractivity contribution < 1.29 is 36.3 Å². The van der Waals surface area contributed by atoms with Gasteiger partial charge in [-0.25, -0.2) is 36.1 Å². The number of aryl methyl sites for hydroxylation is 1. The Morgan fingerprint density at radius 2 is 1.68 bits per heavy atom. The first-order chi connectivity index (χ1) is 17.9. The number of carbonyl (C=O) groups excluding carboxylic acids is 1. The fourth-order valence-electron chi connectivity index (χ4n) is 3.74. The van der Waals surface area contributed by atoms with Crippen molar-refractivity contribution in [1.82, 2.24) is 19.6 Å². The summed E-state index contributed by atoms with van der Waals surface area (Å²) >= 11 is 0. The molecule has 0 aliphatic rings. The zero-order valence-corrected chi connectivity index (χ0v) is 22.6. The minimum atomic E-state index is -4.16. The summed E-state index contributed by atoms with van der Waals surface area (Å²) in [7, 11) is -8.04. The van der Waals surface area contributed by atoms with Crippen molar-refractivity contribution in [2.45, 2.75) is 43.2 Å². The van der Waals surface area contributed by atoms with Crippen LogP contribution in [-0.4, -0.2) is 56.5 Å². The van der Waals surface area contributed by atoms with Crippen molar-refractivity contribution in [1.29, 1.82) is 0 Å². The summed E-state index contributed by atoms with van der Waals surface area (Å²) in [4.78, 5) is 27.2. The summed E-state index contributed by atoms with van der Waals surface area (Å²) in [5.74, 6) is -0.0403. The average molecular weight is 565 g/mol. The molecule has 38 heavy (non-hydrogen) atoms. The summed E-state index contributed by atoms with van der Waals surface area (Å²) in [5, 5.41) is 11.1. The molecule has 3 aromatic rings. The highest BCUT2D eigenvalue weighted by atomic mass is 32.2. The largest absolute Gasteiger partial charge is 0.512 e. The second-order valence-electron chi connectivity index (χ2n) is 8.27. The van der Waals surface area contributed by atoms with E-state index in [-0.39, 0.29) is 23.9 Å². The first-order valence-corrected chi connectivity index (χ1v) is 14.9. The lowest BCUT2D eigenvalue weighted by atomic mass is 10.0. The number of amides is 2. The zero-order chi connectivity index (χ0) is 28.1. The van der Waals surface area contributed by atoms with Gasteiger partial charge >= 0.3 is 12.2 Å². The summed E-state index contributed by atoms with van der Waals surface area (Å²) in [5.41, 5.74) is 1.56. The first-order valence-electron chi connectivity index (χ1n) is 11.6. The number of hydrogen-bond acceptors (Lipinski definition) is 8. The van der Waals surface area contributed by atoms with Gasteiger partial charge in [-0.15, -0.1) is 0 Å². The number of nitrogens with zero attached hydrogens (tertiary/aromatic N) is 2.